The van der Waals surface area contributed by atoms with Crippen LogP contribution in [0.1, 0.15) is 59.4 Å². The molecule has 0 saturated heterocycles. The van der Waals surface area contributed by atoms with Crippen LogP contribution in [0.15, 0.2) is 30.5 Å². The van der Waals surface area contributed by atoms with Gasteiger partial charge in [-0.2, -0.15) is 5.10 Å². The van der Waals surface area contributed by atoms with Crippen LogP contribution in [0.4, 0.5) is 4.39 Å². The summed E-state index contributed by atoms with van der Waals surface area (Å²) < 4.78 is 14.8. The third-order valence-electron chi connectivity index (χ3n) is 4.67. The largest absolute Gasteiger partial charge is 0.387 e. The van der Waals surface area contributed by atoms with Crippen LogP contribution < -0.4 is 5.32 Å². The molecule has 1 heterocycles. The smallest absolute Gasteiger partial charge is 0.254 e. The van der Waals surface area contributed by atoms with E-state index in [2.05, 4.69) is 10.4 Å². The second-order valence-corrected chi connectivity index (χ2v) is 6.30. The number of aromatic nitrogens is 2. The third-order valence-corrected chi connectivity index (χ3v) is 4.67. The fraction of sp³-hybridized carbons (Fsp3) is 0.444. The predicted octanol–water partition coefficient (Wildman–Crippen LogP) is 2.91. The number of aliphatic hydroxyl groups is 1. The molecule has 2 aromatic rings. The minimum Gasteiger partial charge on any atom is -0.387 e. The Morgan fingerprint density at radius 2 is 2.04 bits per heavy atom. The van der Waals surface area contributed by atoms with Gasteiger partial charge < -0.3 is 10.4 Å². The number of hydrogen-bond donors (Lipinski definition) is 2. The average Bonchev–Trinajstić information content (AvgIpc) is 3.22. The number of benzene rings is 1. The van der Waals surface area contributed by atoms with E-state index < -0.39 is 6.10 Å². The summed E-state index contributed by atoms with van der Waals surface area (Å²) >= 11 is 0. The van der Waals surface area contributed by atoms with Crippen molar-refractivity contribution in [3.63, 3.8) is 0 Å². The Kier molecular flexibility index (Phi) is 4.94. The Morgan fingerprint density at radius 3 is 2.71 bits per heavy atom. The first-order valence-electron chi connectivity index (χ1n) is 8.32. The minimum atomic E-state index is -0.875. The molecular formula is C18H22FN3O2. The topological polar surface area (TPSA) is 67.2 Å². The number of nitrogens with zero attached hydrogens (tertiary/aromatic N) is 2. The molecule has 0 bridgehead atoms. The van der Waals surface area contributed by atoms with Crippen LogP contribution in [0.25, 0.3) is 0 Å². The van der Waals surface area contributed by atoms with Gasteiger partial charge in [0.25, 0.3) is 5.91 Å². The highest BCUT2D eigenvalue weighted by Gasteiger charge is 2.22. The number of rotatable bonds is 5. The van der Waals surface area contributed by atoms with E-state index in [1.165, 1.54) is 37.1 Å². The summed E-state index contributed by atoms with van der Waals surface area (Å²) in [6.45, 7) is 1.97. The Hall–Kier alpha value is -2.21. The lowest BCUT2D eigenvalue weighted by Gasteiger charge is -2.14. The molecule has 5 nitrogen and oxygen atoms in total. The number of aliphatic hydroxyl groups excluding tert-OH is 1. The normalized spacial score (nSPS) is 16.3. The number of hydrogen-bond acceptors (Lipinski definition) is 3. The van der Waals surface area contributed by atoms with E-state index in [-0.39, 0.29) is 18.3 Å². The summed E-state index contributed by atoms with van der Waals surface area (Å²) in [5, 5.41) is 17.2. The van der Waals surface area contributed by atoms with Crippen molar-refractivity contribution in [1.82, 2.24) is 15.1 Å². The van der Waals surface area contributed by atoms with Crippen molar-refractivity contribution in [2.75, 3.05) is 6.54 Å². The van der Waals surface area contributed by atoms with Gasteiger partial charge in [-0.3, -0.25) is 9.48 Å². The summed E-state index contributed by atoms with van der Waals surface area (Å²) in [5.74, 6) is -0.608. The van der Waals surface area contributed by atoms with E-state index in [1.807, 2.05) is 11.6 Å². The van der Waals surface area contributed by atoms with Crippen LogP contribution in [-0.2, 0) is 0 Å². The molecule has 0 aliphatic heterocycles. The number of halogens is 1. The summed E-state index contributed by atoms with van der Waals surface area (Å²) in [4.78, 5) is 12.3. The number of carbonyl (C=O) groups is 1. The summed E-state index contributed by atoms with van der Waals surface area (Å²) in [6.07, 6.45) is 5.33. The molecule has 1 aromatic heterocycles. The van der Waals surface area contributed by atoms with E-state index in [9.17, 15) is 14.3 Å². The summed E-state index contributed by atoms with van der Waals surface area (Å²) in [6, 6.07) is 5.98. The number of nitrogens with one attached hydrogen (secondary N) is 1. The molecule has 6 heteroatoms. The van der Waals surface area contributed by atoms with Gasteiger partial charge in [0.15, 0.2) is 0 Å². The van der Waals surface area contributed by atoms with Crippen molar-refractivity contribution in [3.8, 4) is 0 Å². The van der Waals surface area contributed by atoms with Gasteiger partial charge in [-0.15, -0.1) is 0 Å². The fourth-order valence-electron chi connectivity index (χ4n) is 3.25. The zero-order chi connectivity index (χ0) is 17.1. The lowest BCUT2D eigenvalue weighted by molar-refractivity contribution is 0.0915. The van der Waals surface area contributed by atoms with Gasteiger partial charge in [-0.05, 0) is 37.5 Å². The molecule has 1 amide bonds. The molecular weight excluding hydrogens is 309 g/mol. The zero-order valence-electron chi connectivity index (χ0n) is 13.7. The van der Waals surface area contributed by atoms with Crippen LogP contribution in [0.3, 0.4) is 0 Å². The molecule has 0 spiro atoms. The highest BCUT2D eigenvalue weighted by molar-refractivity contribution is 5.95. The van der Waals surface area contributed by atoms with Gasteiger partial charge in [0, 0.05) is 12.2 Å². The molecule has 1 aliphatic rings. The van der Waals surface area contributed by atoms with Crippen molar-refractivity contribution in [2.45, 2.75) is 44.8 Å². The first-order valence-corrected chi connectivity index (χ1v) is 8.32. The van der Waals surface area contributed by atoms with E-state index in [1.54, 1.807) is 6.20 Å². The first-order chi connectivity index (χ1) is 11.6. The van der Waals surface area contributed by atoms with Gasteiger partial charge in [-0.1, -0.05) is 25.0 Å². The lowest BCUT2D eigenvalue weighted by atomic mass is 10.1. The molecule has 1 aliphatic carbocycles. The van der Waals surface area contributed by atoms with Crippen molar-refractivity contribution in [2.24, 2.45) is 0 Å². The molecule has 24 heavy (non-hydrogen) atoms. The van der Waals surface area contributed by atoms with E-state index >= 15 is 0 Å². The fourth-order valence-corrected chi connectivity index (χ4v) is 3.25. The van der Waals surface area contributed by atoms with Crippen molar-refractivity contribution in [1.29, 1.82) is 0 Å². The van der Waals surface area contributed by atoms with Gasteiger partial charge in [0.2, 0.25) is 0 Å². The molecule has 1 unspecified atom stereocenters. The van der Waals surface area contributed by atoms with Gasteiger partial charge in [0.1, 0.15) is 5.82 Å². The van der Waals surface area contributed by atoms with E-state index in [0.29, 0.717) is 17.2 Å². The second-order valence-electron chi connectivity index (χ2n) is 6.30. The highest BCUT2D eigenvalue weighted by atomic mass is 19.1. The van der Waals surface area contributed by atoms with Crippen LogP contribution in [0.2, 0.25) is 0 Å². The third kappa shape index (κ3) is 3.48. The standard InChI is InChI=1S/C18H22FN3O2/c1-12-16(10-21-22(12)15-4-2-3-5-15)18(24)20-11-17(23)13-6-8-14(19)9-7-13/h6-10,15,17,23H,2-5,11H2,1H3,(H,20,24). The molecule has 0 radical (unpaired) electrons. The quantitative estimate of drug-likeness (QED) is 0.885. The molecule has 2 N–H and O–H groups in total. The van der Waals surface area contributed by atoms with Crippen molar-refractivity contribution in [3.05, 3.63) is 53.1 Å². The molecule has 1 aromatic carbocycles. The molecule has 1 atom stereocenters. The summed E-state index contributed by atoms with van der Waals surface area (Å²) in [7, 11) is 0. The maximum Gasteiger partial charge on any atom is 0.254 e. The van der Waals surface area contributed by atoms with Gasteiger partial charge in [-0.25, -0.2) is 4.39 Å². The molecule has 3 rings (SSSR count). The highest BCUT2D eigenvalue weighted by Crippen LogP contribution is 2.30. The van der Waals surface area contributed by atoms with Crippen LogP contribution in [-0.4, -0.2) is 27.3 Å². The van der Waals surface area contributed by atoms with Crippen molar-refractivity contribution >= 4 is 5.91 Å². The zero-order valence-corrected chi connectivity index (χ0v) is 13.7. The monoisotopic (exact) mass is 331 g/mol. The molecule has 1 fully saturated rings. The number of amides is 1. The molecule has 128 valence electrons. The first kappa shape index (κ1) is 16.6. The van der Waals surface area contributed by atoms with E-state index in [0.717, 1.165) is 18.5 Å². The molecule has 1 saturated carbocycles. The van der Waals surface area contributed by atoms with Crippen molar-refractivity contribution < 1.29 is 14.3 Å². The Labute approximate surface area is 140 Å². The van der Waals surface area contributed by atoms with Crippen LogP contribution >= 0.6 is 0 Å². The van der Waals surface area contributed by atoms with Crippen LogP contribution in [0.5, 0.6) is 0 Å². The van der Waals surface area contributed by atoms with Gasteiger partial charge >= 0.3 is 0 Å². The van der Waals surface area contributed by atoms with Gasteiger partial charge in [0.05, 0.1) is 23.9 Å². The second kappa shape index (κ2) is 7.13. The predicted molar refractivity (Wildman–Crippen MR) is 88.2 cm³/mol. The minimum absolute atomic E-state index is 0.0680. The SMILES string of the molecule is Cc1c(C(=O)NCC(O)c2ccc(F)cc2)cnn1C1CCCC1. The Morgan fingerprint density at radius 1 is 1.38 bits per heavy atom. The van der Waals surface area contributed by atoms with E-state index in [4.69, 9.17) is 0 Å². The summed E-state index contributed by atoms with van der Waals surface area (Å²) in [5.41, 5.74) is 1.96. The Balaban J connectivity index is 1.61. The average molecular weight is 331 g/mol. The number of carbonyl (C=O) groups excluding carboxylic acids is 1. The maximum absolute atomic E-state index is 12.9. The van der Waals surface area contributed by atoms with Crippen LogP contribution in [0, 0.1) is 12.7 Å². The maximum atomic E-state index is 12.9. The Bertz CT molecular complexity index is 706. The lowest BCUT2D eigenvalue weighted by Crippen LogP contribution is -2.28.